The Hall–Kier alpha value is -1.32. The number of aliphatic carboxylic acids is 1. The highest BCUT2D eigenvalue weighted by molar-refractivity contribution is 6.30. The molecule has 0 aliphatic carbocycles. The number of epoxide rings is 1. The molecule has 0 radical (unpaired) electrons. The van der Waals surface area contributed by atoms with Gasteiger partial charge in [0.25, 0.3) is 0 Å². The number of carboxylic acids is 1. The fourth-order valence-corrected chi connectivity index (χ4v) is 1.52. The molecule has 1 aromatic rings. The van der Waals surface area contributed by atoms with Crippen molar-refractivity contribution in [1.82, 2.24) is 0 Å². The monoisotopic (exact) mass is 238 g/mol. The SMILES string of the molecule is CC1(C(=O)O)OC1/C=C/c1ccc(Cl)cc1. The zero-order valence-electron chi connectivity index (χ0n) is 8.68. The standard InChI is InChI=1S/C12H11ClO3/c1-12(11(14)15)10(16-12)7-4-8-2-5-9(13)6-3-8/h2-7,10H,1H3,(H,14,15)/b7-4+. The smallest absolute Gasteiger partial charge is 0.338 e. The molecule has 0 aromatic heterocycles. The second-order valence-electron chi connectivity index (χ2n) is 3.86. The molecule has 4 heteroatoms. The summed E-state index contributed by atoms with van der Waals surface area (Å²) < 4.78 is 5.10. The fourth-order valence-electron chi connectivity index (χ4n) is 1.40. The van der Waals surface area contributed by atoms with Gasteiger partial charge in [0.15, 0.2) is 5.60 Å². The van der Waals surface area contributed by atoms with Gasteiger partial charge in [-0.15, -0.1) is 0 Å². The number of hydrogen-bond acceptors (Lipinski definition) is 2. The van der Waals surface area contributed by atoms with Gasteiger partial charge in [-0.25, -0.2) is 4.79 Å². The molecule has 1 aliphatic heterocycles. The lowest BCUT2D eigenvalue weighted by atomic mass is 10.1. The van der Waals surface area contributed by atoms with Crippen molar-refractivity contribution in [1.29, 1.82) is 0 Å². The van der Waals surface area contributed by atoms with E-state index in [9.17, 15) is 4.79 Å². The van der Waals surface area contributed by atoms with Gasteiger partial charge in [0.05, 0.1) is 0 Å². The minimum atomic E-state index is -1.05. The van der Waals surface area contributed by atoms with Crippen LogP contribution >= 0.6 is 11.6 Å². The van der Waals surface area contributed by atoms with Crippen molar-refractivity contribution in [2.75, 3.05) is 0 Å². The maximum atomic E-state index is 10.8. The Labute approximate surface area is 98.3 Å². The molecule has 2 atom stereocenters. The Morgan fingerprint density at radius 2 is 2.12 bits per heavy atom. The highest BCUT2D eigenvalue weighted by atomic mass is 35.5. The van der Waals surface area contributed by atoms with Crippen LogP contribution in [0.15, 0.2) is 30.3 Å². The van der Waals surface area contributed by atoms with E-state index in [0.717, 1.165) is 5.56 Å². The summed E-state index contributed by atoms with van der Waals surface area (Å²) in [6.45, 7) is 1.56. The molecule has 3 nitrogen and oxygen atoms in total. The zero-order chi connectivity index (χ0) is 11.8. The average molecular weight is 239 g/mol. The maximum Gasteiger partial charge on any atom is 0.338 e. The van der Waals surface area contributed by atoms with Crippen LogP contribution in [-0.4, -0.2) is 22.8 Å². The quantitative estimate of drug-likeness (QED) is 0.824. The van der Waals surface area contributed by atoms with Gasteiger partial charge < -0.3 is 9.84 Å². The highest BCUT2D eigenvalue weighted by Crippen LogP contribution is 2.37. The summed E-state index contributed by atoms with van der Waals surface area (Å²) >= 11 is 5.75. The predicted octanol–water partition coefficient (Wildman–Crippen LogP) is 2.60. The van der Waals surface area contributed by atoms with E-state index in [0.29, 0.717) is 5.02 Å². The van der Waals surface area contributed by atoms with Crippen molar-refractivity contribution in [3.8, 4) is 0 Å². The molecular weight excluding hydrogens is 228 g/mol. The summed E-state index contributed by atoms with van der Waals surface area (Å²) in [6.07, 6.45) is 3.23. The third-order valence-electron chi connectivity index (χ3n) is 2.62. The van der Waals surface area contributed by atoms with Crippen molar-refractivity contribution in [3.63, 3.8) is 0 Å². The van der Waals surface area contributed by atoms with Gasteiger partial charge in [0, 0.05) is 5.02 Å². The largest absolute Gasteiger partial charge is 0.479 e. The van der Waals surface area contributed by atoms with Crippen LogP contribution in [0.25, 0.3) is 6.08 Å². The van der Waals surface area contributed by atoms with Crippen molar-refractivity contribution in [3.05, 3.63) is 40.9 Å². The zero-order valence-corrected chi connectivity index (χ0v) is 9.44. The van der Waals surface area contributed by atoms with Crippen LogP contribution in [0.1, 0.15) is 12.5 Å². The Balaban J connectivity index is 2.02. The summed E-state index contributed by atoms with van der Waals surface area (Å²) in [6, 6.07) is 7.29. The lowest BCUT2D eigenvalue weighted by Crippen LogP contribution is -2.21. The van der Waals surface area contributed by atoms with Crippen LogP contribution in [0, 0.1) is 0 Å². The van der Waals surface area contributed by atoms with Crippen molar-refractivity contribution < 1.29 is 14.6 Å². The molecule has 1 fully saturated rings. The summed E-state index contributed by atoms with van der Waals surface area (Å²) in [7, 11) is 0. The van der Waals surface area contributed by atoms with Gasteiger partial charge in [-0.1, -0.05) is 35.9 Å². The molecule has 16 heavy (non-hydrogen) atoms. The molecule has 0 bridgehead atoms. The molecule has 0 amide bonds. The minimum Gasteiger partial charge on any atom is -0.479 e. The van der Waals surface area contributed by atoms with E-state index in [1.54, 1.807) is 25.1 Å². The number of halogens is 1. The Kier molecular flexibility index (Phi) is 2.74. The molecule has 84 valence electrons. The maximum absolute atomic E-state index is 10.8. The summed E-state index contributed by atoms with van der Waals surface area (Å²) in [5.74, 6) is -0.932. The normalized spacial score (nSPS) is 28.2. The first-order valence-corrected chi connectivity index (χ1v) is 5.25. The van der Waals surface area contributed by atoms with Gasteiger partial charge in [-0.3, -0.25) is 0 Å². The molecule has 0 spiro atoms. The molecular formula is C12H11ClO3. The summed E-state index contributed by atoms with van der Waals surface area (Å²) in [5.41, 5.74) is -0.0872. The third-order valence-corrected chi connectivity index (χ3v) is 2.87. The van der Waals surface area contributed by atoms with Crippen LogP contribution in [0.4, 0.5) is 0 Å². The molecule has 2 rings (SSSR count). The molecule has 1 heterocycles. The Morgan fingerprint density at radius 1 is 1.50 bits per heavy atom. The van der Waals surface area contributed by atoms with E-state index >= 15 is 0 Å². The van der Waals surface area contributed by atoms with Gasteiger partial charge in [-0.05, 0) is 24.6 Å². The van der Waals surface area contributed by atoms with E-state index < -0.39 is 11.6 Å². The number of rotatable bonds is 3. The lowest BCUT2D eigenvalue weighted by molar-refractivity contribution is -0.142. The van der Waals surface area contributed by atoms with Crippen LogP contribution in [-0.2, 0) is 9.53 Å². The molecule has 1 aromatic carbocycles. The first-order valence-electron chi connectivity index (χ1n) is 4.87. The number of benzene rings is 1. The third kappa shape index (κ3) is 2.10. The van der Waals surface area contributed by atoms with Crippen molar-refractivity contribution >= 4 is 23.6 Å². The van der Waals surface area contributed by atoms with Crippen LogP contribution in [0.2, 0.25) is 5.02 Å². The molecule has 1 saturated heterocycles. The second kappa shape index (κ2) is 3.92. The lowest BCUT2D eigenvalue weighted by Gasteiger charge is -1.95. The predicted molar refractivity (Wildman–Crippen MR) is 61.4 cm³/mol. The summed E-state index contributed by atoms with van der Waals surface area (Å²) in [4.78, 5) is 10.8. The summed E-state index contributed by atoms with van der Waals surface area (Å²) in [5, 5.41) is 9.52. The van der Waals surface area contributed by atoms with Crippen LogP contribution < -0.4 is 0 Å². The molecule has 1 N–H and O–H groups in total. The van der Waals surface area contributed by atoms with E-state index in [-0.39, 0.29) is 6.10 Å². The molecule has 0 saturated carbocycles. The van der Waals surface area contributed by atoms with E-state index in [1.807, 2.05) is 18.2 Å². The molecule has 1 aliphatic rings. The topological polar surface area (TPSA) is 49.8 Å². The first-order chi connectivity index (χ1) is 7.52. The number of ether oxygens (including phenoxy) is 1. The number of hydrogen-bond donors (Lipinski definition) is 1. The van der Waals surface area contributed by atoms with Crippen LogP contribution in [0.3, 0.4) is 0 Å². The van der Waals surface area contributed by atoms with Crippen molar-refractivity contribution in [2.45, 2.75) is 18.6 Å². The minimum absolute atomic E-state index is 0.347. The first kappa shape index (κ1) is 11.2. The van der Waals surface area contributed by atoms with Gasteiger partial charge in [0.2, 0.25) is 0 Å². The number of carbonyl (C=O) groups is 1. The van der Waals surface area contributed by atoms with E-state index in [2.05, 4.69) is 0 Å². The number of carboxylic acid groups (broad SMARTS) is 1. The Morgan fingerprint density at radius 3 is 2.62 bits per heavy atom. The Bertz CT molecular complexity index is 438. The highest BCUT2D eigenvalue weighted by Gasteiger charge is 2.57. The van der Waals surface area contributed by atoms with Crippen molar-refractivity contribution in [2.24, 2.45) is 0 Å². The van der Waals surface area contributed by atoms with Gasteiger partial charge >= 0.3 is 5.97 Å². The van der Waals surface area contributed by atoms with E-state index in [1.165, 1.54) is 0 Å². The second-order valence-corrected chi connectivity index (χ2v) is 4.30. The van der Waals surface area contributed by atoms with Gasteiger partial charge in [0.1, 0.15) is 6.10 Å². The molecule has 2 unspecified atom stereocenters. The van der Waals surface area contributed by atoms with Gasteiger partial charge in [-0.2, -0.15) is 0 Å². The van der Waals surface area contributed by atoms with Crippen LogP contribution in [0.5, 0.6) is 0 Å². The van der Waals surface area contributed by atoms with E-state index in [4.69, 9.17) is 21.4 Å². The fraction of sp³-hybridized carbons (Fsp3) is 0.250. The average Bonchev–Trinajstić information content (AvgIpc) is 2.91.